The molecule has 0 amide bonds. The number of hydrogen-bond acceptors (Lipinski definition) is 4. The smallest absolute Gasteiger partial charge is 0.340 e. The van der Waals surface area contributed by atoms with Crippen LogP contribution in [0.1, 0.15) is 26.4 Å². The fourth-order valence-electron chi connectivity index (χ4n) is 2.13. The molecule has 0 aliphatic heterocycles. The quantitative estimate of drug-likeness (QED) is 0.915. The number of nitrogens with one attached hydrogen (secondary N) is 1. The van der Waals surface area contributed by atoms with Gasteiger partial charge in [-0.2, -0.15) is 13.2 Å². The van der Waals surface area contributed by atoms with Gasteiger partial charge in [0.25, 0.3) is 0 Å². The summed E-state index contributed by atoms with van der Waals surface area (Å²) in [5.74, 6) is -0.441. The van der Waals surface area contributed by atoms with E-state index in [1.165, 1.54) is 30.3 Å². The molecule has 0 atom stereocenters. The molecule has 0 fully saturated rings. The second-order valence-corrected chi connectivity index (χ2v) is 4.85. The number of aromatic nitrogens is 1. The molecule has 1 N–H and O–H groups in total. The topological polar surface area (TPSA) is 59.1 Å². The van der Waals surface area contributed by atoms with Crippen LogP contribution < -0.4 is 5.32 Å². The highest BCUT2D eigenvalue weighted by Crippen LogP contribution is 2.30. The minimum atomic E-state index is -4.40. The molecule has 0 bridgehead atoms. The highest BCUT2D eigenvalue weighted by atomic mass is 19.4. The van der Waals surface area contributed by atoms with Gasteiger partial charge in [0.15, 0.2) is 5.78 Å². The molecule has 0 radical (unpaired) electrons. The first kappa shape index (κ1) is 15.0. The molecule has 0 saturated carbocycles. The molecule has 0 spiro atoms. The number of rotatable bonds is 2. The lowest BCUT2D eigenvalue weighted by Gasteiger charge is -2.12. The molecule has 1 aliphatic rings. The molecule has 3 rings (SSSR count). The molecule has 7 heteroatoms. The van der Waals surface area contributed by atoms with Crippen molar-refractivity contribution in [2.75, 3.05) is 5.32 Å². The van der Waals surface area contributed by atoms with Gasteiger partial charge in [-0.05, 0) is 48.6 Å². The zero-order valence-corrected chi connectivity index (χ0v) is 11.5. The number of pyridine rings is 1. The van der Waals surface area contributed by atoms with E-state index in [0.29, 0.717) is 5.69 Å². The second-order valence-electron chi connectivity index (χ2n) is 4.85. The van der Waals surface area contributed by atoms with Crippen molar-refractivity contribution in [1.29, 1.82) is 0 Å². The van der Waals surface area contributed by atoms with E-state index in [1.54, 1.807) is 0 Å². The van der Waals surface area contributed by atoms with Gasteiger partial charge in [0.2, 0.25) is 5.78 Å². The van der Waals surface area contributed by atoms with Crippen LogP contribution in [0.3, 0.4) is 0 Å². The number of allylic oxidation sites excluding steroid dienone is 2. The largest absolute Gasteiger partial charge is 0.416 e. The summed E-state index contributed by atoms with van der Waals surface area (Å²) in [5.41, 5.74) is -0.146. The van der Waals surface area contributed by atoms with Gasteiger partial charge in [0.05, 0.1) is 11.1 Å². The minimum Gasteiger partial charge on any atom is -0.340 e. The Balaban J connectivity index is 1.86. The summed E-state index contributed by atoms with van der Waals surface area (Å²) in [6.07, 6.45) is -2.09. The van der Waals surface area contributed by atoms with E-state index in [0.717, 1.165) is 18.2 Å². The van der Waals surface area contributed by atoms with Crippen molar-refractivity contribution >= 4 is 23.1 Å². The number of hydrogen-bond donors (Lipinski definition) is 1. The van der Waals surface area contributed by atoms with Gasteiger partial charge in [-0.1, -0.05) is 0 Å². The van der Waals surface area contributed by atoms with E-state index < -0.39 is 17.5 Å². The van der Waals surface area contributed by atoms with E-state index >= 15 is 0 Å². The number of halogens is 3. The SMILES string of the molecule is O=C1C=CC(=O)c2nc(Nc3ccc(C(F)(F)F)cc3)ccc21. The first-order valence-corrected chi connectivity index (χ1v) is 6.57. The summed E-state index contributed by atoms with van der Waals surface area (Å²) in [7, 11) is 0. The van der Waals surface area contributed by atoms with E-state index in [4.69, 9.17) is 0 Å². The molecular formula is C16H9F3N2O2. The van der Waals surface area contributed by atoms with Crippen molar-refractivity contribution in [1.82, 2.24) is 4.98 Å². The molecule has 0 unspecified atom stereocenters. The van der Waals surface area contributed by atoms with Gasteiger partial charge in [0, 0.05) is 5.69 Å². The summed E-state index contributed by atoms with van der Waals surface area (Å²) >= 11 is 0. The van der Waals surface area contributed by atoms with Crippen molar-refractivity contribution in [2.24, 2.45) is 0 Å². The van der Waals surface area contributed by atoms with Gasteiger partial charge in [-0.15, -0.1) is 0 Å². The van der Waals surface area contributed by atoms with E-state index in [1.807, 2.05) is 0 Å². The standard InChI is InChI=1S/C16H9F3N2O2/c17-16(18,19)9-1-3-10(4-2-9)20-14-8-5-11-12(22)6-7-13(23)15(11)21-14/h1-8H,(H,20,21). The predicted molar refractivity (Wildman–Crippen MR) is 76.8 cm³/mol. The van der Waals surface area contributed by atoms with Gasteiger partial charge < -0.3 is 5.32 Å². The Morgan fingerprint density at radius 2 is 1.52 bits per heavy atom. The third-order valence-electron chi connectivity index (χ3n) is 3.26. The van der Waals surface area contributed by atoms with Crippen molar-refractivity contribution < 1.29 is 22.8 Å². The average Bonchev–Trinajstić information content (AvgIpc) is 2.51. The highest BCUT2D eigenvalue weighted by Gasteiger charge is 2.30. The molecule has 2 aromatic rings. The third-order valence-corrected chi connectivity index (χ3v) is 3.26. The van der Waals surface area contributed by atoms with E-state index in [-0.39, 0.29) is 22.9 Å². The summed E-state index contributed by atoms with van der Waals surface area (Å²) in [5, 5.41) is 2.80. The molecule has 1 heterocycles. The molecule has 0 saturated heterocycles. The van der Waals surface area contributed by atoms with Crippen LogP contribution in [0.4, 0.5) is 24.7 Å². The Labute approximate surface area is 128 Å². The van der Waals surface area contributed by atoms with Crippen LogP contribution in [-0.4, -0.2) is 16.6 Å². The fourth-order valence-corrected chi connectivity index (χ4v) is 2.13. The van der Waals surface area contributed by atoms with Crippen molar-refractivity contribution in [3.05, 3.63) is 65.4 Å². The van der Waals surface area contributed by atoms with Crippen LogP contribution in [0, 0.1) is 0 Å². The van der Waals surface area contributed by atoms with E-state index in [9.17, 15) is 22.8 Å². The van der Waals surface area contributed by atoms with Crippen LogP contribution in [-0.2, 0) is 6.18 Å². The molecular weight excluding hydrogens is 309 g/mol. The zero-order chi connectivity index (χ0) is 16.6. The Hall–Kier alpha value is -2.96. The number of ketones is 2. The fraction of sp³-hybridized carbons (Fsp3) is 0.0625. The van der Waals surface area contributed by atoms with Gasteiger partial charge in [-0.25, -0.2) is 4.98 Å². The number of anilines is 2. The van der Waals surface area contributed by atoms with Crippen LogP contribution in [0.2, 0.25) is 0 Å². The van der Waals surface area contributed by atoms with Crippen LogP contribution in [0.15, 0.2) is 48.6 Å². The highest BCUT2D eigenvalue weighted by molar-refractivity contribution is 6.21. The van der Waals surface area contributed by atoms with Gasteiger partial charge >= 0.3 is 6.18 Å². The van der Waals surface area contributed by atoms with Gasteiger partial charge in [0.1, 0.15) is 11.5 Å². The molecule has 116 valence electrons. The monoisotopic (exact) mass is 318 g/mol. The first-order chi connectivity index (χ1) is 10.8. The summed E-state index contributed by atoms with van der Waals surface area (Å²) < 4.78 is 37.5. The second kappa shape index (κ2) is 5.35. The maximum absolute atomic E-state index is 12.5. The molecule has 23 heavy (non-hydrogen) atoms. The zero-order valence-electron chi connectivity index (χ0n) is 11.5. The average molecular weight is 318 g/mol. The maximum Gasteiger partial charge on any atom is 0.416 e. The van der Waals surface area contributed by atoms with Crippen molar-refractivity contribution in [3.63, 3.8) is 0 Å². The number of fused-ring (bicyclic) bond motifs is 1. The Kier molecular flexibility index (Phi) is 3.48. The maximum atomic E-state index is 12.5. The van der Waals surface area contributed by atoms with Crippen molar-refractivity contribution in [3.8, 4) is 0 Å². The molecule has 4 nitrogen and oxygen atoms in total. The first-order valence-electron chi connectivity index (χ1n) is 6.57. The Bertz CT molecular complexity index is 824. The van der Waals surface area contributed by atoms with E-state index in [2.05, 4.69) is 10.3 Å². The Morgan fingerprint density at radius 3 is 2.17 bits per heavy atom. The summed E-state index contributed by atoms with van der Waals surface area (Å²) in [6.45, 7) is 0. The van der Waals surface area contributed by atoms with Gasteiger partial charge in [-0.3, -0.25) is 9.59 Å². The number of carbonyl (C=O) groups excluding carboxylic acids is 2. The summed E-state index contributed by atoms with van der Waals surface area (Å²) in [6, 6.07) is 7.35. The van der Waals surface area contributed by atoms with Crippen LogP contribution in [0.25, 0.3) is 0 Å². The van der Waals surface area contributed by atoms with Crippen LogP contribution >= 0.6 is 0 Å². The Morgan fingerprint density at radius 1 is 0.870 bits per heavy atom. The van der Waals surface area contributed by atoms with Crippen LogP contribution in [0.5, 0.6) is 0 Å². The molecule has 1 aliphatic carbocycles. The molecule has 1 aromatic carbocycles. The lowest BCUT2D eigenvalue weighted by molar-refractivity contribution is -0.137. The lowest BCUT2D eigenvalue weighted by atomic mass is 10.00. The normalized spacial score (nSPS) is 13.9. The van der Waals surface area contributed by atoms with Crippen molar-refractivity contribution in [2.45, 2.75) is 6.18 Å². The summed E-state index contributed by atoms with van der Waals surface area (Å²) in [4.78, 5) is 27.4. The lowest BCUT2D eigenvalue weighted by Crippen LogP contribution is -2.14. The number of carbonyl (C=O) groups is 2. The minimum absolute atomic E-state index is 0.0226. The number of alkyl halides is 3. The predicted octanol–water partition coefficient (Wildman–Crippen LogP) is 3.78. The number of nitrogens with zero attached hydrogens (tertiary/aromatic N) is 1. The third kappa shape index (κ3) is 2.98. The molecule has 1 aromatic heterocycles. The number of benzene rings is 1.